The van der Waals surface area contributed by atoms with Gasteiger partial charge in [-0.05, 0) is 69.2 Å². The molecule has 2 bridgehead atoms. The number of aromatic nitrogens is 4. The van der Waals surface area contributed by atoms with E-state index in [1.165, 1.54) is 35.1 Å². The van der Waals surface area contributed by atoms with Gasteiger partial charge in [-0.3, -0.25) is 4.98 Å². The summed E-state index contributed by atoms with van der Waals surface area (Å²) < 4.78 is 39.1. The van der Waals surface area contributed by atoms with Gasteiger partial charge in [0.15, 0.2) is 5.65 Å². The molecule has 2 atom stereocenters. The normalized spacial score (nSPS) is 17.6. The molecule has 0 radical (unpaired) electrons. The number of hydrogen-bond acceptors (Lipinski definition) is 8. The van der Waals surface area contributed by atoms with Crippen molar-refractivity contribution in [3.8, 4) is 33.6 Å². The van der Waals surface area contributed by atoms with Gasteiger partial charge in [-0.1, -0.05) is 12.1 Å². The minimum atomic E-state index is -0.749. The number of nitrogens with one attached hydrogen (secondary N) is 1. The summed E-state index contributed by atoms with van der Waals surface area (Å²) in [6.45, 7) is 6.35. The SMILES string of the molecule is CC(C)(C)OC(=O)N1CC2CC1CN2c1cc(F)c(-c2ccnc3c(-c4cccc(N)c4C=N)c(-c4ccncc4)nn23)c(F)c1. The number of halogens is 2. The van der Waals surface area contributed by atoms with Crippen molar-refractivity contribution < 1.29 is 18.3 Å². The van der Waals surface area contributed by atoms with Crippen molar-refractivity contribution in [2.24, 2.45) is 0 Å². The Labute approximate surface area is 264 Å². The maximum Gasteiger partial charge on any atom is 0.410 e. The average molecular weight is 623 g/mol. The Morgan fingerprint density at radius 2 is 1.76 bits per heavy atom. The van der Waals surface area contributed by atoms with Crippen LogP contribution in [0, 0.1) is 17.0 Å². The first-order valence-corrected chi connectivity index (χ1v) is 15.0. The number of nitrogens with zero attached hydrogens (tertiary/aromatic N) is 6. The number of hydrogen-bond donors (Lipinski definition) is 2. The van der Waals surface area contributed by atoms with Gasteiger partial charge >= 0.3 is 6.09 Å². The molecule has 234 valence electrons. The van der Waals surface area contributed by atoms with Crippen molar-refractivity contribution in [3.05, 3.63) is 84.3 Å². The van der Waals surface area contributed by atoms with Crippen LogP contribution in [-0.4, -0.2) is 67.6 Å². The largest absolute Gasteiger partial charge is 0.444 e. The number of nitrogens with two attached hydrogens (primary N) is 1. The molecule has 0 aliphatic carbocycles. The van der Waals surface area contributed by atoms with E-state index in [1.807, 2.05) is 31.7 Å². The summed E-state index contributed by atoms with van der Waals surface area (Å²) in [5.74, 6) is -1.50. The summed E-state index contributed by atoms with van der Waals surface area (Å²) in [6, 6.07) is 12.9. The van der Waals surface area contributed by atoms with Gasteiger partial charge in [0, 0.05) is 66.4 Å². The van der Waals surface area contributed by atoms with Crippen LogP contribution in [0.1, 0.15) is 32.8 Å². The van der Waals surface area contributed by atoms with Crippen LogP contribution in [0.5, 0.6) is 0 Å². The van der Waals surface area contributed by atoms with Crippen molar-refractivity contribution in [2.45, 2.75) is 44.9 Å². The zero-order valence-corrected chi connectivity index (χ0v) is 25.5. The number of pyridine rings is 1. The van der Waals surface area contributed by atoms with Crippen LogP contribution in [0.25, 0.3) is 39.3 Å². The van der Waals surface area contributed by atoms with Gasteiger partial charge in [0.05, 0.1) is 22.9 Å². The highest BCUT2D eigenvalue weighted by atomic mass is 19.1. The lowest BCUT2D eigenvalue weighted by Crippen LogP contribution is -2.50. The molecule has 3 aromatic heterocycles. The summed E-state index contributed by atoms with van der Waals surface area (Å²) in [5.41, 5.74) is 9.58. The Morgan fingerprint density at radius 1 is 1.02 bits per heavy atom. The van der Waals surface area contributed by atoms with Gasteiger partial charge in [0.1, 0.15) is 22.9 Å². The van der Waals surface area contributed by atoms with Gasteiger partial charge in [0.25, 0.3) is 0 Å². The molecule has 10 nitrogen and oxygen atoms in total. The van der Waals surface area contributed by atoms with E-state index in [0.717, 1.165) is 0 Å². The fraction of sp³-hybridized carbons (Fsp3) is 0.265. The molecular formula is C34H32F2N8O2. The number of amides is 1. The summed E-state index contributed by atoms with van der Waals surface area (Å²) in [7, 11) is 0. The Kier molecular flexibility index (Phi) is 6.95. The van der Waals surface area contributed by atoms with E-state index in [0.29, 0.717) is 64.5 Å². The van der Waals surface area contributed by atoms with Gasteiger partial charge in [-0.2, -0.15) is 5.10 Å². The highest BCUT2D eigenvalue weighted by molar-refractivity contribution is 6.02. The first-order valence-electron chi connectivity index (χ1n) is 15.0. The standard InChI is InChI=1S/C34H32F2N8O2/c1-34(2,3)46-33(45)43-18-21-13-22(43)17-42(21)20-14-25(35)30(26(36)15-20)28-9-12-40-32-29(23-5-4-6-27(38)24(23)16-37)31(41-44(28)32)19-7-10-39-11-8-19/h4-12,14-16,21-22,37H,13,17-18,38H2,1-3H3. The van der Waals surface area contributed by atoms with Crippen molar-refractivity contribution in [1.29, 1.82) is 5.41 Å². The third kappa shape index (κ3) is 4.90. The molecule has 2 unspecified atom stereocenters. The smallest absolute Gasteiger partial charge is 0.410 e. The highest BCUT2D eigenvalue weighted by Crippen LogP contribution is 2.41. The Morgan fingerprint density at radius 3 is 2.41 bits per heavy atom. The summed E-state index contributed by atoms with van der Waals surface area (Å²) in [5, 5.41) is 12.9. The summed E-state index contributed by atoms with van der Waals surface area (Å²) >= 11 is 0. The van der Waals surface area contributed by atoms with Crippen LogP contribution in [0.15, 0.2) is 67.1 Å². The van der Waals surface area contributed by atoms with Crippen LogP contribution in [-0.2, 0) is 4.74 Å². The number of rotatable bonds is 5. The Balaban J connectivity index is 1.29. The second-order valence-corrected chi connectivity index (χ2v) is 12.6. The lowest BCUT2D eigenvalue weighted by atomic mass is 9.96. The molecule has 0 saturated carbocycles. The van der Waals surface area contributed by atoms with Gasteiger partial charge < -0.3 is 25.7 Å². The quantitative estimate of drug-likeness (QED) is 0.177. The molecule has 5 heterocycles. The van der Waals surface area contributed by atoms with Crippen molar-refractivity contribution in [3.63, 3.8) is 0 Å². The maximum atomic E-state index is 16.1. The number of likely N-dealkylation sites (tertiary alicyclic amines) is 1. The average Bonchev–Trinajstić information content (AvgIpc) is 3.74. The van der Waals surface area contributed by atoms with E-state index in [4.69, 9.17) is 21.0 Å². The first-order chi connectivity index (χ1) is 22.0. The first kappa shape index (κ1) is 29.3. The predicted molar refractivity (Wildman–Crippen MR) is 172 cm³/mol. The number of carbonyl (C=O) groups excluding carboxylic acids is 1. The van der Waals surface area contributed by atoms with Crippen LogP contribution in [0.3, 0.4) is 0 Å². The van der Waals surface area contributed by atoms with E-state index in [-0.39, 0.29) is 29.4 Å². The molecule has 0 spiro atoms. The minimum Gasteiger partial charge on any atom is -0.444 e. The number of fused-ring (bicyclic) bond motifs is 3. The van der Waals surface area contributed by atoms with Crippen LogP contribution >= 0.6 is 0 Å². The molecule has 5 aromatic rings. The molecular weight excluding hydrogens is 590 g/mol. The molecule has 7 rings (SSSR count). The van der Waals surface area contributed by atoms with E-state index >= 15 is 8.78 Å². The van der Waals surface area contributed by atoms with E-state index < -0.39 is 17.2 Å². The van der Waals surface area contributed by atoms with Crippen molar-refractivity contribution in [2.75, 3.05) is 23.7 Å². The second-order valence-electron chi connectivity index (χ2n) is 12.6. The third-order valence-electron chi connectivity index (χ3n) is 8.51. The van der Waals surface area contributed by atoms with Crippen LogP contribution in [0.4, 0.5) is 25.0 Å². The molecule has 2 aliphatic heterocycles. The predicted octanol–water partition coefficient (Wildman–Crippen LogP) is 6.18. The lowest BCUT2D eigenvalue weighted by molar-refractivity contribution is 0.0214. The molecule has 46 heavy (non-hydrogen) atoms. The molecule has 12 heteroatoms. The molecule has 2 aliphatic rings. The topological polar surface area (TPSA) is 126 Å². The zero-order valence-electron chi connectivity index (χ0n) is 25.5. The number of benzene rings is 2. The number of nitrogen functional groups attached to an aromatic ring is 1. The Bertz CT molecular complexity index is 1980. The third-order valence-corrected chi connectivity index (χ3v) is 8.51. The van der Waals surface area contributed by atoms with Crippen molar-refractivity contribution in [1.82, 2.24) is 24.5 Å². The highest BCUT2D eigenvalue weighted by Gasteiger charge is 2.47. The molecule has 1 amide bonds. The summed E-state index contributed by atoms with van der Waals surface area (Å²) in [4.78, 5) is 25.1. The van der Waals surface area contributed by atoms with Gasteiger partial charge in [0.2, 0.25) is 0 Å². The van der Waals surface area contributed by atoms with Crippen LogP contribution in [0.2, 0.25) is 0 Å². The molecule has 2 saturated heterocycles. The monoisotopic (exact) mass is 622 g/mol. The van der Waals surface area contributed by atoms with Gasteiger partial charge in [-0.25, -0.2) is 23.1 Å². The van der Waals surface area contributed by atoms with E-state index in [1.54, 1.807) is 41.6 Å². The van der Waals surface area contributed by atoms with E-state index in [9.17, 15) is 4.79 Å². The Hall–Kier alpha value is -5.39. The number of anilines is 2. The molecule has 3 N–H and O–H groups in total. The molecule has 2 fully saturated rings. The van der Waals surface area contributed by atoms with Gasteiger partial charge in [-0.15, -0.1) is 0 Å². The second kappa shape index (κ2) is 10.9. The lowest BCUT2D eigenvalue weighted by Gasteiger charge is -2.36. The number of piperazine rings is 1. The number of ether oxygens (including phenoxy) is 1. The van der Waals surface area contributed by atoms with E-state index in [2.05, 4.69) is 9.97 Å². The van der Waals surface area contributed by atoms with Crippen LogP contribution < -0.4 is 10.6 Å². The fourth-order valence-electron chi connectivity index (χ4n) is 6.55. The molecule has 2 aromatic carbocycles. The maximum absolute atomic E-state index is 16.1. The van der Waals surface area contributed by atoms with Crippen molar-refractivity contribution >= 4 is 29.3 Å². The zero-order chi connectivity index (χ0) is 32.3. The fourth-order valence-corrected chi connectivity index (χ4v) is 6.55. The minimum absolute atomic E-state index is 0.0762. The number of carbonyl (C=O) groups is 1. The summed E-state index contributed by atoms with van der Waals surface area (Å²) in [6.07, 6.45) is 6.24.